The summed E-state index contributed by atoms with van der Waals surface area (Å²) in [5.74, 6) is -0.339. The van der Waals surface area contributed by atoms with Crippen LogP contribution in [-0.2, 0) is 20.8 Å². The molecule has 8 heteroatoms. The fourth-order valence-electron chi connectivity index (χ4n) is 3.85. The second kappa shape index (κ2) is 8.99. The minimum atomic E-state index is -0.593. The highest BCUT2D eigenvalue weighted by atomic mass is 16.8. The molecule has 32 heavy (non-hydrogen) atoms. The number of nitrogens with one attached hydrogen (secondary N) is 1. The first-order valence-electron chi connectivity index (χ1n) is 10.5. The quantitative estimate of drug-likeness (QED) is 0.747. The van der Waals surface area contributed by atoms with E-state index in [1.54, 1.807) is 41.3 Å². The third kappa shape index (κ3) is 5.07. The number of carbonyl (C=O) groups excluding carboxylic acids is 2. The van der Waals surface area contributed by atoms with E-state index in [2.05, 4.69) is 5.32 Å². The van der Waals surface area contributed by atoms with Crippen molar-refractivity contribution in [2.75, 3.05) is 19.7 Å². The maximum atomic E-state index is 12.5. The normalized spacial score (nSPS) is 21.0. The zero-order chi connectivity index (χ0) is 22.7. The van der Waals surface area contributed by atoms with Gasteiger partial charge in [-0.15, -0.1) is 0 Å². The molecular formula is C24H25N3O5. The first-order valence-corrected chi connectivity index (χ1v) is 10.5. The van der Waals surface area contributed by atoms with Crippen molar-refractivity contribution >= 4 is 11.8 Å². The summed E-state index contributed by atoms with van der Waals surface area (Å²) in [7, 11) is 0. The SMILES string of the molecule is CC1(C)O[C@H]2CN(C(=O)COc3ccc(CNC(=O)c4ccc(C#N)cc4)cc3)C[C@H]2O1. The zero-order valence-electron chi connectivity index (χ0n) is 18.0. The molecule has 0 spiro atoms. The highest BCUT2D eigenvalue weighted by Crippen LogP contribution is 2.32. The second-order valence-electron chi connectivity index (χ2n) is 8.32. The number of rotatable bonds is 6. The summed E-state index contributed by atoms with van der Waals surface area (Å²) in [6, 6.07) is 15.7. The van der Waals surface area contributed by atoms with Crippen LogP contribution < -0.4 is 10.1 Å². The molecule has 2 aromatic rings. The maximum absolute atomic E-state index is 12.5. The number of hydrogen-bond donors (Lipinski definition) is 1. The van der Waals surface area contributed by atoms with E-state index < -0.39 is 5.79 Å². The lowest BCUT2D eigenvalue weighted by Crippen LogP contribution is -2.36. The van der Waals surface area contributed by atoms with Crippen LogP contribution in [0.2, 0.25) is 0 Å². The minimum Gasteiger partial charge on any atom is -0.484 e. The van der Waals surface area contributed by atoms with Gasteiger partial charge < -0.3 is 24.4 Å². The molecule has 8 nitrogen and oxygen atoms in total. The molecule has 2 saturated heterocycles. The summed E-state index contributed by atoms with van der Waals surface area (Å²) in [5, 5.41) is 11.7. The van der Waals surface area contributed by atoms with Gasteiger partial charge in [0.15, 0.2) is 12.4 Å². The Hall–Kier alpha value is -3.41. The van der Waals surface area contributed by atoms with Crippen molar-refractivity contribution in [3.63, 3.8) is 0 Å². The molecule has 0 aliphatic carbocycles. The molecule has 0 unspecified atom stereocenters. The molecule has 2 amide bonds. The predicted octanol–water partition coefficient (Wildman–Crippen LogP) is 2.23. The Balaban J connectivity index is 1.21. The van der Waals surface area contributed by atoms with Crippen molar-refractivity contribution in [2.24, 2.45) is 0 Å². The van der Waals surface area contributed by atoms with Crippen molar-refractivity contribution in [1.82, 2.24) is 10.2 Å². The van der Waals surface area contributed by atoms with Crippen molar-refractivity contribution in [3.8, 4) is 11.8 Å². The van der Waals surface area contributed by atoms with Gasteiger partial charge in [0.05, 0.1) is 11.6 Å². The van der Waals surface area contributed by atoms with Crippen LogP contribution in [0.4, 0.5) is 0 Å². The highest BCUT2D eigenvalue weighted by molar-refractivity contribution is 5.94. The van der Waals surface area contributed by atoms with E-state index in [-0.39, 0.29) is 30.6 Å². The lowest BCUT2D eigenvalue weighted by molar-refractivity contribution is -0.161. The molecule has 166 valence electrons. The summed E-state index contributed by atoms with van der Waals surface area (Å²) in [4.78, 5) is 26.4. The molecule has 2 heterocycles. The van der Waals surface area contributed by atoms with E-state index in [4.69, 9.17) is 19.5 Å². The van der Waals surface area contributed by atoms with Gasteiger partial charge in [0.25, 0.3) is 11.8 Å². The van der Waals surface area contributed by atoms with E-state index in [0.29, 0.717) is 36.5 Å². The van der Waals surface area contributed by atoms with Crippen LogP contribution in [0.3, 0.4) is 0 Å². The Morgan fingerprint density at radius 1 is 1.09 bits per heavy atom. The van der Waals surface area contributed by atoms with E-state index >= 15 is 0 Å². The summed E-state index contributed by atoms with van der Waals surface area (Å²) in [6.45, 7) is 5.07. The van der Waals surface area contributed by atoms with E-state index in [1.165, 1.54) is 0 Å². The molecular weight excluding hydrogens is 410 g/mol. The minimum absolute atomic E-state index is 0.0579. The van der Waals surface area contributed by atoms with Crippen LogP contribution in [-0.4, -0.2) is 54.4 Å². The molecule has 0 radical (unpaired) electrons. The van der Waals surface area contributed by atoms with Gasteiger partial charge in [-0.05, 0) is 55.8 Å². The molecule has 2 aromatic carbocycles. The number of likely N-dealkylation sites (tertiary alicyclic amines) is 1. The van der Waals surface area contributed by atoms with Crippen molar-refractivity contribution in [1.29, 1.82) is 5.26 Å². The summed E-state index contributed by atoms with van der Waals surface area (Å²) >= 11 is 0. The Morgan fingerprint density at radius 2 is 1.72 bits per heavy atom. The van der Waals surface area contributed by atoms with Crippen molar-refractivity contribution in [2.45, 2.75) is 38.4 Å². The number of nitrogens with zero attached hydrogens (tertiary/aromatic N) is 2. The average molecular weight is 435 g/mol. The number of hydrogen-bond acceptors (Lipinski definition) is 6. The number of fused-ring (bicyclic) bond motifs is 1. The summed E-state index contributed by atoms with van der Waals surface area (Å²) < 4.78 is 17.2. The van der Waals surface area contributed by atoms with E-state index in [1.807, 2.05) is 32.0 Å². The van der Waals surface area contributed by atoms with Crippen LogP contribution in [0, 0.1) is 11.3 Å². The van der Waals surface area contributed by atoms with Gasteiger partial charge in [-0.3, -0.25) is 9.59 Å². The van der Waals surface area contributed by atoms with Gasteiger partial charge in [-0.2, -0.15) is 5.26 Å². The Kier molecular flexibility index (Phi) is 6.12. The first kappa shape index (κ1) is 21.8. The molecule has 2 fully saturated rings. The monoisotopic (exact) mass is 435 g/mol. The fourth-order valence-corrected chi connectivity index (χ4v) is 3.85. The molecule has 2 aliphatic rings. The molecule has 0 aromatic heterocycles. The lowest BCUT2D eigenvalue weighted by atomic mass is 10.1. The zero-order valence-corrected chi connectivity index (χ0v) is 18.0. The van der Waals surface area contributed by atoms with Gasteiger partial charge in [0, 0.05) is 25.2 Å². The van der Waals surface area contributed by atoms with Gasteiger partial charge >= 0.3 is 0 Å². The van der Waals surface area contributed by atoms with Crippen LogP contribution in [0.25, 0.3) is 0 Å². The molecule has 4 rings (SSSR count). The Bertz CT molecular complexity index is 1010. The molecule has 1 N–H and O–H groups in total. The topological polar surface area (TPSA) is 101 Å². The third-order valence-corrected chi connectivity index (χ3v) is 5.45. The largest absolute Gasteiger partial charge is 0.484 e. The van der Waals surface area contributed by atoms with Crippen LogP contribution >= 0.6 is 0 Å². The second-order valence-corrected chi connectivity index (χ2v) is 8.32. The Morgan fingerprint density at radius 3 is 2.31 bits per heavy atom. The first-order chi connectivity index (χ1) is 15.3. The van der Waals surface area contributed by atoms with Crippen LogP contribution in [0.15, 0.2) is 48.5 Å². The van der Waals surface area contributed by atoms with Gasteiger partial charge in [-0.25, -0.2) is 0 Å². The molecule has 2 aliphatic heterocycles. The third-order valence-electron chi connectivity index (χ3n) is 5.45. The van der Waals surface area contributed by atoms with Gasteiger partial charge in [-0.1, -0.05) is 12.1 Å². The van der Waals surface area contributed by atoms with Gasteiger partial charge in [0.1, 0.15) is 18.0 Å². The molecule has 2 atom stereocenters. The Labute approximate surface area is 186 Å². The number of ether oxygens (including phenoxy) is 3. The predicted molar refractivity (Wildman–Crippen MR) is 115 cm³/mol. The van der Waals surface area contributed by atoms with Crippen molar-refractivity contribution < 1.29 is 23.8 Å². The number of benzene rings is 2. The number of amides is 2. The van der Waals surface area contributed by atoms with Crippen LogP contribution in [0.1, 0.15) is 35.3 Å². The standard InChI is InChI=1S/C24H25N3O5/c1-24(2)31-20-13-27(14-21(20)32-24)22(28)15-30-19-9-5-17(6-10-19)12-26-23(29)18-7-3-16(11-25)4-8-18/h3-10,20-21H,12-15H2,1-2H3,(H,26,29)/t20-,21+. The average Bonchev–Trinajstić information content (AvgIpc) is 3.30. The van der Waals surface area contributed by atoms with E-state index in [9.17, 15) is 9.59 Å². The highest BCUT2D eigenvalue weighted by Gasteiger charge is 2.47. The van der Waals surface area contributed by atoms with E-state index in [0.717, 1.165) is 5.56 Å². The number of nitriles is 1. The summed E-state index contributed by atoms with van der Waals surface area (Å²) in [5.41, 5.74) is 1.90. The molecule has 0 saturated carbocycles. The number of carbonyl (C=O) groups is 2. The fraction of sp³-hybridized carbons (Fsp3) is 0.375. The smallest absolute Gasteiger partial charge is 0.260 e. The molecule has 0 bridgehead atoms. The van der Waals surface area contributed by atoms with Crippen molar-refractivity contribution in [3.05, 3.63) is 65.2 Å². The summed E-state index contributed by atoms with van der Waals surface area (Å²) in [6.07, 6.45) is -0.180. The van der Waals surface area contributed by atoms with Crippen LogP contribution in [0.5, 0.6) is 5.75 Å². The van der Waals surface area contributed by atoms with Gasteiger partial charge in [0.2, 0.25) is 0 Å². The lowest BCUT2D eigenvalue weighted by Gasteiger charge is -2.23. The maximum Gasteiger partial charge on any atom is 0.260 e.